The summed E-state index contributed by atoms with van der Waals surface area (Å²) in [6.07, 6.45) is 18.9. The summed E-state index contributed by atoms with van der Waals surface area (Å²) in [7, 11) is 0.353. The van der Waals surface area contributed by atoms with Crippen molar-refractivity contribution in [2.24, 2.45) is 17.8 Å². The van der Waals surface area contributed by atoms with Gasteiger partial charge in [0.2, 0.25) is 0 Å². The van der Waals surface area contributed by atoms with Gasteiger partial charge in [0.05, 0.1) is 0 Å². The Balaban J connectivity index is 1.72. The zero-order valence-corrected chi connectivity index (χ0v) is 14.1. The van der Waals surface area contributed by atoms with Gasteiger partial charge in [0, 0.05) is 0 Å². The quantitative estimate of drug-likeness (QED) is 0.499. The molecule has 0 amide bonds. The highest BCUT2D eigenvalue weighted by Crippen LogP contribution is 2.68. The van der Waals surface area contributed by atoms with E-state index in [9.17, 15) is 0 Å². The molecule has 0 heterocycles. The van der Waals surface area contributed by atoms with Crippen molar-refractivity contribution in [3.63, 3.8) is 0 Å². The van der Waals surface area contributed by atoms with Crippen LogP contribution in [0.25, 0.3) is 0 Å². The molecule has 0 saturated heterocycles. The van der Waals surface area contributed by atoms with Crippen molar-refractivity contribution in [3.05, 3.63) is 0 Å². The molecule has 0 nitrogen and oxygen atoms in total. The van der Waals surface area contributed by atoms with Gasteiger partial charge in [-0.15, -0.1) is 7.92 Å². The largest absolute Gasteiger partial charge is 0.100 e. The number of hydrogen-bond donors (Lipinski definition) is 0. The highest BCUT2D eigenvalue weighted by Gasteiger charge is 2.53. The summed E-state index contributed by atoms with van der Waals surface area (Å²) in [5.41, 5.74) is 0. The maximum atomic E-state index is 2.38. The fraction of sp³-hybridized carbons (Fsp3) is 1.00. The fourth-order valence-corrected chi connectivity index (χ4v) is 9.85. The first kappa shape index (κ1) is 14.4. The van der Waals surface area contributed by atoms with Crippen molar-refractivity contribution in [2.75, 3.05) is 12.3 Å². The van der Waals surface area contributed by atoms with Gasteiger partial charge in [-0.2, -0.15) is 0 Å². The number of unbranched alkanes of at least 4 members (excludes halogenated alkanes) is 2. The van der Waals surface area contributed by atoms with Gasteiger partial charge in [0.25, 0.3) is 0 Å². The Kier molecular flexibility index (Phi) is 4.57. The molecule has 19 heavy (non-hydrogen) atoms. The van der Waals surface area contributed by atoms with Crippen molar-refractivity contribution in [2.45, 2.75) is 83.2 Å². The van der Waals surface area contributed by atoms with Gasteiger partial charge in [0.15, 0.2) is 0 Å². The third-order valence-corrected chi connectivity index (χ3v) is 9.84. The van der Waals surface area contributed by atoms with E-state index < -0.39 is 0 Å². The molecule has 0 N–H and O–H groups in total. The lowest BCUT2D eigenvalue weighted by Crippen LogP contribution is -2.49. The number of rotatable bonds is 7. The second-order valence-corrected chi connectivity index (χ2v) is 10.8. The van der Waals surface area contributed by atoms with E-state index in [4.69, 9.17) is 0 Å². The van der Waals surface area contributed by atoms with E-state index in [1.807, 2.05) is 0 Å². The molecule has 4 rings (SSSR count). The van der Waals surface area contributed by atoms with E-state index in [1.165, 1.54) is 25.7 Å². The van der Waals surface area contributed by atoms with Crippen LogP contribution < -0.4 is 0 Å². The topological polar surface area (TPSA) is 0 Å². The van der Waals surface area contributed by atoms with E-state index >= 15 is 0 Å². The molecule has 4 fully saturated rings. The molecular weight excluding hydrogens is 247 g/mol. The van der Waals surface area contributed by atoms with Crippen LogP contribution in [-0.2, 0) is 0 Å². The summed E-state index contributed by atoms with van der Waals surface area (Å²) in [4.78, 5) is 0. The molecule has 4 aliphatic rings. The summed E-state index contributed by atoms with van der Waals surface area (Å²) >= 11 is 0. The smallest absolute Gasteiger partial charge is 0.00865 e. The Hall–Kier alpha value is 0.430. The third kappa shape index (κ3) is 2.90. The minimum absolute atomic E-state index is 0.353. The summed E-state index contributed by atoms with van der Waals surface area (Å²) in [6, 6.07) is 0. The Morgan fingerprint density at radius 2 is 1.21 bits per heavy atom. The lowest BCUT2D eigenvalue weighted by Gasteiger charge is -2.60. The molecule has 0 unspecified atom stereocenters. The van der Waals surface area contributed by atoms with Crippen molar-refractivity contribution < 1.29 is 0 Å². The van der Waals surface area contributed by atoms with E-state index in [2.05, 4.69) is 13.8 Å². The van der Waals surface area contributed by atoms with Gasteiger partial charge in [-0.1, -0.05) is 26.7 Å². The van der Waals surface area contributed by atoms with Crippen LogP contribution in [0.4, 0.5) is 0 Å². The molecular formula is C18H33P. The highest BCUT2D eigenvalue weighted by molar-refractivity contribution is 7.59. The van der Waals surface area contributed by atoms with Crippen LogP contribution in [0.15, 0.2) is 0 Å². The van der Waals surface area contributed by atoms with Crippen LogP contribution in [0, 0.1) is 17.8 Å². The maximum absolute atomic E-state index is 2.38. The van der Waals surface area contributed by atoms with Gasteiger partial charge in [-0.05, 0) is 86.6 Å². The van der Waals surface area contributed by atoms with Crippen LogP contribution in [0.5, 0.6) is 0 Å². The Morgan fingerprint density at radius 3 is 1.58 bits per heavy atom. The lowest BCUT2D eigenvalue weighted by atomic mass is 9.56. The van der Waals surface area contributed by atoms with E-state index in [1.54, 1.807) is 50.8 Å². The molecule has 0 aromatic rings. The molecule has 0 aromatic heterocycles. The van der Waals surface area contributed by atoms with Gasteiger partial charge in [-0.25, -0.2) is 0 Å². The van der Waals surface area contributed by atoms with E-state index in [0.717, 1.165) is 22.9 Å². The minimum Gasteiger partial charge on any atom is -0.100 e. The average molecular weight is 280 g/mol. The summed E-state index contributed by atoms with van der Waals surface area (Å²) < 4.78 is 0. The molecule has 0 spiro atoms. The normalized spacial score (nSPS) is 40.3. The molecule has 0 aliphatic heterocycles. The molecule has 4 aliphatic carbocycles. The first-order valence-electron chi connectivity index (χ1n) is 9.01. The van der Waals surface area contributed by atoms with Crippen LogP contribution in [0.3, 0.4) is 0 Å². The SMILES string of the molecule is CCCCP(CCCC)C12CC3CC(CC(C3)C1)C2. The second kappa shape index (κ2) is 6.05. The Morgan fingerprint density at radius 1 is 0.789 bits per heavy atom. The predicted octanol–water partition coefficient (Wildman–Crippen LogP) is 6.04. The van der Waals surface area contributed by atoms with Gasteiger partial charge >= 0.3 is 0 Å². The molecule has 0 aromatic carbocycles. The van der Waals surface area contributed by atoms with Gasteiger partial charge in [-0.3, -0.25) is 0 Å². The van der Waals surface area contributed by atoms with Crippen molar-refractivity contribution >= 4 is 7.92 Å². The van der Waals surface area contributed by atoms with E-state index in [0.29, 0.717) is 7.92 Å². The third-order valence-electron chi connectivity index (χ3n) is 6.24. The standard InChI is InChI=1S/C18H33P/c1-3-5-7-19(8-6-4-2)18-12-15-9-16(13-18)11-17(10-15)14-18/h15-17H,3-14H2,1-2H3. The van der Waals surface area contributed by atoms with Gasteiger partial charge < -0.3 is 0 Å². The average Bonchev–Trinajstić information content (AvgIpc) is 2.37. The second-order valence-electron chi connectivity index (χ2n) is 7.84. The van der Waals surface area contributed by atoms with Crippen molar-refractivity contribution in [1.29, 1.82) is 0 Å². The maximum Gasteiger partial charge on any atom is -0.00865 e. The van der Waals surface area contributed by atoms with Crippen LogP contribution in [-0.4, -0.2) is 17.5 Å². The Bertz CT molecular complexity index is 253. The van der Waals surface area contributed by atoms with Crippen molar-refractivity contribution in [1.82, 2.24) is 0 Å². The van der Waals surface area contributed by atoms with Crippen LogP contribution >= 0.6 is 7.92 Å². The Labute approximate surface area is 121 Å². The van der Waals surface area contributed by atoms with Crippen LogP contribution in [0.1, 0.15) is 78.1 Å². The zero-order chi connectivity index (χ0) is 13.3. The molecule has 4 bridgehead atoms. The first-order chi connectivity index (χ1) is 9.25. The summed E-state index contributed by atoms with van der Waals surface area (Å²) in [5, 5.41) is 0.883. The molecule has 1 heteroatoms. The molecule has 0 atom stereocenters. The molecule has 0 radical (unpaired) electrons. The van der Waals surface area contributed by atoms with Gasteiger partial charge in [0.1, 0.15) is 0 Å². The molecule has 110 valence electrons. The van der Waals surface area contributed by atoms with E-state index in [-0.39, 0.29) is 0 Å². The number of hydrogen-bond acceptors (Lipinski definition) is 0. The molecule has 4 saturated carbocycles. The van der Waals surface area contributed by atoms with Crippen molar-refractivity contribution in [3.8, 4) is 0 Å². The minimum atomic E-state index is 0.353. The monoisotopic (exact) mass is 280 g/mol. The summed E-state index contributed by atoms with van der Waals surface area (Å²) in [5.74, 6) is 3.46. The zero-order valence-electron chi connectivity index (χ0n) is 13.2. The predicted molar refractivity (Wildman–Crippen MR) is 87.4 cm³/mol. The lowest BCUT2D eigenvalue weighted by molar-refractivity contribution is 0.0354. The first-order valence-corrected chi connectivity index (χ1v) is 10.7. The summed E-state index contributed by atoms with van der Waals surface area (Å²) in [6.45, 7) is 4.76. The van der Waals surface area contributed by atoms with Crippen LogP contribution in [0.2, 0.25) is 0 Å². The highest BCUT2D eigenvalue weighted by atomic mass is 31.1. The fourth-order valence-electron chi connectivity index (χ4n) is 5.74.